The summed E-state index contributed by atoms with van der Waals surface area (Å²) in [4.78, 5) is 7.07. The number of aryl methyl sites for hydroxylation is 1. The number of rotatable bonds is 2. The minimum absolute atomic E-state index is 0.674. The van der Waals surface area contributed by atoms with Crippen molar-refractivity contribution in [3.63, 3.8) is 0 Å². The van der Waals surface area contributed by atoms with E-state index in [2.05, 4.69) is 16.9 Å². The number of aromatic nitrogens is 2. The van der Waals surface area contributed by atoms with Gasteiger partial charge in [0.25, 0.3) is 0 Å². The highest BCUT2D eigenvalue weighted by Gasteiger charge is 2.10. The summed E-state index contributed by atoms with van der Waals surface area (Å²) in [6.07, 6.45) is 2.15. The van der Waals surface area contributed by atoms with Crippen LogP contribution in [0.1, 0.15) is 19.0 Å². The molecule has 0 aliphatic heterocycles. The van der Waals surface area contributed by atoms with Gasteiger partial charge in [0.2, 0.25) is 5.71 Å². The molecule has 0 spiro atoms. The Morgan fingerprint density at radius 1 is 1.67 bits per heavy atom. The number of nitrogens with one attached hydrogen (secondary N) is 1. The summed E-state index contributed by atoms with van der Waals surface area (Å²) in [5, 5.41) is 0. The Morgan fingerprint density at radius 2 is 2.44 bits per heavy atom. The SMILES string of the molecule is CCCc1nc2[nH]c1o2. The van der Waals surface area contributed by atoms with Crippen molar-refractivity contribution in [3.05, 3.63) is 5.69 Å². The summed E-state index contributed by atoms with van der Waals surface area (Å²) in [6.45, 7) is 2.13. The number of hydrogen-bond acceptors (Lipinski definition) is 2. The van der Waals surface area contributed by atoms with Crippen LogP contribution < -0.4 is 0 Å². The summed E-state index contributed by atoms with van der Waals surface area (Å²) in [6, 6.07) is 0. The van der Waals surface area contributed by atoms with Crippen LogP contribution in [-0.2, 0) is 6.42 Å². The van der Waals surface area contributed by atoms with Crippen LogP contribution in [0.5, 0.6) is 0 Å². The van der Waals surface area contributed by atoms with E-state index in [9.17, 15) is 0 Å². The quantitative estimate of drug-likeness (QED) is 0.659. The zero-order valence-electron chi connectivity index (χ0n) is 5.27. The molecule has 3 heterocycles. The van der Waals surface area contributed by atoms with Gasteiger partial charge in [0.1, 0.15) is 5.69 Å². The summed E-state index contributed by atoms with van der Waals surface area (Å²) in [7, 11) is 0. The molecule has 0 aliphatic carbocycles. The van der Waals surface area contributed by atoms with Crippen molar-refractivity contribution in [2.24, 2.45) is 0 Å². The molecule has 0 unspecified atom stereocenters. The molecule has 0 amide bonds. The lowest BCUT2D eigenvalue weighted by molar-refractivity contribution is 0.584. The fraction of sp³-hybridized carbons (Fsp3) is 0.500. The van der Waals surface area contributed by atoms with E-state index in [0.717, 1.165) is 24.2 Å². The fourth-order valence-corrected chi connectivity index (χ4v) is 0.960. The Hall–Kier alpha value is -0.990. The van der Waals surface area contributed by atoms with Crippen molar-refractivity contribution < 1.29 is 4.42 Å². The van der Waals surface area contributed by atoms with Gasteiger partial charge in [0.15, 0.2) is 0 Å². The highest BCUT2D eigenvalue weighted by molar-refractivity contribution is 5.53. The van der Waals surface area contributed by atoms with Crippen LogP contribution in [0.25, 0.3) is 11.6 Å². The van der Waals surface area contributed by atoms with Gasteiger partial charge in [-0.2, -0.15) is 4.98 Å². The lowest BCUT2D eigenvalue weighted by Crippen LogP contribution is -1.80. The summed E-state index contributed by atoms with van der Waals surface area (Å²) >= 11 is 0. The van der Waals surface area contributed by atoms with Crippen molar-refractivity contribution in [1.29, 1.82) is 0 Å². The van der Waals surface area contributed by atoms with E-state index >= 15 is 0 Å². The second-order valence-corrected chi connectivity index (χ2v) is 2.17. The third kappa shape index (κ3) is 0.542. The first-order valence-electron chi connectivity index (χ1n) is 3.17. The molecule has 3 nitrogen and oxygen atoms in total. The average molecular weight is 124 g/mol. The minimum Gasteiger partial charge on any atom is -0.406 e. The van der Waals surface area contributed by atoms with E-state index in [1.807, 2.05) is 0 Å². The number of hydrogen-bond donors (Lipinski definition) is 1. The second kappa shape index (κ2) is 1.50. The normalized spacial score (nSPS) is 11.7. The molecule has 0 aromatic carbocycles. The molecule has 0 saturated heterocycles. The van der Waals surface area contributed by atoms with Crippen LogP contribution in [0.15, 0.2) is 4.42 Å². The van der Waals surface area contributed by atoms with Gasteiger partial charge >= 0.3 is 5.84 Å². The lowest BCUT2D eigenvalue weighted by atomic mass is 10.3. The molecule has 0 radical (unpaired) electrons. The van der Waals surface area contributed by atoms with Crippen LogP contribution in [0.4, 0.5) is 0 Å². The largest absolute Gasteiger partial charge is 0.406 e. The fourth-order valence-electron chi connectivity index (χ4n) is 0.960. The van der Waals surface area contributed by atoms with Crippen molar-refractivity contribution in [2.75, 3.05) is 0 Å². The Kier molecular flexibility index (Phi) is 0.806. The zero-order valence-corrected chi connectivity index (χ0v) is 5.27. The maximum absolute atomic E-state index is 5.03. The number of oxazole rings is 1. The molecule has 3 aromatic rings. The molecule has 1 N–H and O–H groups in total. The summed E-state index contributed by atoms with van der Waals surface area (Å²) < 4.78 is 5.03. The van der Waals surface area contributed by atoms with E-state index in [1.165, 1.54) is 0 Å². The van der Waals surface area contributed by atoms with E-state index in [-0.39, 0.29) is 0 Å². The second-order valence-electron chi connectivity index (χ2n) is 2.17. The third-order valence-electron chi connectivity index (χ3n) is 1.40. The molecule has 0 aliphatic rings. The topological polar surface area (TPSA) is 41.8 Å². The molecule has 3 aromatic heterocycles. The Balaban J connectivity index is 2.32. The number of imidazole rings is 1. The van der Waals surface area contributed by atoms with Gasteiger partial charge < -0.3 is 4.42 Å². The minimum atomic E-state index is 0.674. The number of fused-ring (bicyclic) bond motifs is 1. The van der Waals surface area contributed by atoms with Crippen molar-refractivity contribution >= 4 is 11.6 Å². The number of aromatic amines is 1. The number of H-pyrrole nitrogens is 1. The molecule has 0 fully saturated rings. The van der Waals surface area contributed by atoms with E-state index in [4.69, 9.17) is 4.42 Å². The predicted octanol–water partition coefficient (Wildman–Crippen LogP) is 1.55. The van der Waals surface area contributed by atoms with E-state index in [1.54, 1.807) is 0 Å². The number of nitrogens with zero attached hydrogens (tertiary/aromatic N) is 1. The van der Waals surface area contributed by atoms with Gasteiger partial charge in [-0.1, -0.05) is 13.3 Å². The standard InChI is InChI=1S/C6H8N2O/c1-2-3-4-5-8-6(7-4)9-5/h2-3H2,1H3,(H,7,8). The first-order chi connectivity index (χ1) is 4.40. The highest BCUT2D eigenvalue weighted by Crippen LogP contribution is 2.17. The van der Waals surface area contributed by atoms with Crippen molar-refractivity contribution in [2.45, 2.75) is 19.8 Å². The molecule has 0 saturated carbocycles. The van der Waals surface area contributed by atoms with E-state index < -0.39 is 0 Å². The van der Waals surface area contributed by atoms with Gasteiger partial charge in [-0.25, -0.2) is 0 Å². The average Bonchev–Trinajstić information content (AvgIpc) is 2.20. The van der Waals surface area contributed by atoms with Crippen LogP contribution in [0, 0.1) is 0 Å². The van der Waals surface area contributed by atoms with Crippen LogP contribution in [-0.4, -0.2) is 9.97 Å². The smallest absolute Gasteiger partial charge is 0.303 e. The van der Waals surface area contributed by atoms with Gasteiger partial charge in [0.05, 0.1) is 0 Å². The molecule has 48 valence electrons. The maximum atomic E-state index is 5.03. The Morgan fingerprint density at radius 3 is 2.89 bits per heavy atom. The van der Waals surface area contributed by atoms with Gasteiger partial charge in [-0.15, -0.1) is 0 Å². The lowest BCUT2D eigenvalue weighted by Gasteiger charge is -1.87. The summed E-state index contributed by atoms with van der Waals surface area (Å²) in [5.41, 5.74) is 1.94. The van der Waals surface area contributed by atoms with Gasteiger partial charge in [-0.05, 0) is 6.42 Å². The highest BCUT2D eigenvalue weighted by atomic mass is 16.4. The first-order valence-corrected chi connectivity index (χ1v) is 3.17. The maximum Gasteiger partial charge on any atom is 0.303 e. The van der Waals surface area contributed by atoms with Gasteiger partial charge in [-0.3, -0.25) is 4.98 Å². The zero-order chi connectivity index (χ0) is 6.27. The first kappa shape index (κ1) is 4.85. The van der Waals surface area contributed by atoms with E-state index in [0.29, 0.717) is 5.84 Å². The molecule has 2 bridgehead atoms. The Bertz CT molecular complexity index is 268. The van der Waals surface area contributed by atoms with Crippen LogP contribution in [0.2, 0.25) is 0 Å². The predicted molar refractivity (Wildman–Crippen MR) is 33.5 cm³/mol. The molecular weight excluding hydrogens is 116 g/mol. The molecule has 3 rings (SSSR count). The third-order valence-corrected chi connectivity index (χ3v) is 1.40. The Labute approximate surface area is 52.4 Å². The monoisotopic (exact) mass is 124 g/mol. The molecule has 0 atom stereocenters. The van der Waals surface area contributed by atoms with Crippen LogP contribution in [0.3, 0.4) is 0 Å². The van der Waals surface area contributed by atoms with Crippen LogP contribution >= 0.6 is 0 Å². The molecule has 3 heteroatoms. The van der Waals surface area contributed by atoms with Crippen molar-refractivity contribution in [3.8, 4) is 0 Å². The van der Waals surface area contributed by atoms with Gasteiger partial charge in [0, 0.05) is 0 Å². The van der Waals surface area contributed by atoms with Crippen molar-refractivity contribution in [1.82, 2.24) is 9.97 Å². The molecular formula is C6H8N2O. The summed E-state index contributed by atoms with van der Waals surface area (Å²) in [5.74, 6) is 0.674. The molecule has 9 heavy (non-hydrogen) atoms.